The number of nitrogens with one attached hydrogen (secondary N) is 1. The predicted molar refractivity (Wildman–Crippen MR) is 115 cm³/mol. The van der Waals surface area contributed by atoms with E-state index in [0.29, 0.717) is 45.1 Å². The molecular formula is C20H18ClN5O5. The standard InChI is InChI=1S/C20H17N5O5.ClH/c1-9-11-6-10(27-2)7-14(28-3)16(11)23-19(21-9)25-20-22-12-4-5-13-17(30-8-29-13)15(12)18(26)24-20;/h4-7H,8H2,1-3H3,(H2,21,22,23,24,25,26);1H. The highest BCUT2D eigenvalue weighted by molar-refractivity contribution is 5.93. The molecule has 0 spiro atoms. The molecule has 0 aliphatic carbocycles. The van der Waals surface area contributed by atoms with Crippen molar-refractivity contribution in [2.75, 3.05) is 26.3 Å². The average Bonchev–Trinajstić information content (AvgIpc) is 3.21. The molecule has 3 heterocycles. The molecule has 1 aliphatic rings. The maximum absolute atomic E-state index is 10.5. The second-order valence-electron chi connectivity index (χ2n) is 6.55. The highest BCUT2D eigenvalue weighted by Gasteiger charge is 2.22. The molecule has 160 valence electrons. The normalized spacial score (nSPS) is 12.0. The van der Waals surface area contributed by atoms with Crippen molar-refractivity contribution in [1.82, 2.24) is 19.9 Å². The third-order valence-electron chi connectivity index (χ3n) is 4.79. The van der Waals surface area contributed by atoms with E-state index in [0.717, 1.165) is 5.39 Å². The third kappa shape index (κ3) is 3.40. The topological polar surface area (TPSA) is 121 Å². The molecule has 11 heteroatoms. The fourth-order valence-corrected chi connectivity index (χ4v) is 3.38. The lowest BCUT2D eigenvalue weighted by atomic mass is 10.1. The van der Waals surface area contributed by atoms with E-state index < -0.39 is 0 Å². The first-order valence-corrected chi connectivity index (χ1v) is 9.04. The summed E-state index contributed by atoms with van der Waals surface area (Å²) in [6.07, 6.45) is 0. The SMILES string of the molecule is COc1cc(OC)c2nc(Nc3nc(O)c4c5c(ccc4n3)OCO5)nc(C)c2c1.Cl. The van der Waals surface area contributed by atoms with Gasteiger partial charge in [0.2, 0.25) is 24.6 Å². The molecule has 2 aromatic heterocycles. The number of fused-ring (bicyclic) bond motifs is 4. The van der Waals surface area contributed by atoms with Gasteiger partial charge < -0.3 is 24.1 Å². The number of aromatic nitrogens is 4. The minimum atomic E-state index is -0.232. The van der Waals surface area contributed by atoms with Crippen molar-refractivity contribution in [3.05, 3.63) is 30.0 Å². The summed E-state index contributed by atoms with van der Waals surface area (Å²) in [6.45, 7) is 1.94. The first kappa shape index (κ1) is 20.5. The number of anilines is 2. The molecule has 0 saturated heterocycles. The van der Waals surface area contributed by atoms with Crippen LogP contribution < -0.4 is 24.3 Å². The zero-order chi connectivity index (χ0) is 20.8. The number of aromatic hydroxyl groups is 1. The van der Waals surface area contributed by atoms with Gasteiger partial charge in [-0.15, -0.1) is 12.4 Å². The molecule has 0 unspecified atom stereocenters. The molecule has 2 N–H and O–H groups in total. The van der Waals surface area contributed by atoms with Crippen LogP contribution >= 0.6 is 12.4 Å². The van der Waals surface area contributed by atoms with Crippen LogP contribution in [0.25, 0.3) is 21.8 Å². The number of ether oxygens (including phenoxy) is 4. The fourth-order valence-electron chi connectivity index (χ4n) is 3.38. The van der Waals surface area contributed by atoms with Gasteiger partial charge in [0.25, 0.3) is 0 Å². The zero-order valence-electron chi connectivity index (χ0n) is 16.8. The van der Waals surface area contributed by atoms with Crippen molar-refractivity contribution >= 4 is 46.1 Å². The smallest absolute Gasteiger partial charge is 0.233 e. The molecule has 1 aliphatic heterocycles. The number of benzene rings is 2. The van der Waals surface area contributed by atoms with E-state index in [1.54, 1.807) is 32.4 Å². The van der Waals surface area contributed by atoms with Crippen molar-refractivity contribution in [2.45, 2.75) is 6.92 Å². The second kappa shape index (κ2) is 7.80. The van der Waals surface area contributed by atoms with Crippen molar-refractivity contribution in [3.63, 3.8) is 0 Å². The molecule has 0 amide bonds. The van der Waals surface area contributed by atoms with Gasteiger partial charge in [-0.3, -0.25) is 5.32 Å². The molecule has 0 bridgehead atoms. The average molecular weight is 444 g/mol. The fraction of sp³-hybridized carbons (Fsp3) is 0.200. The van der Waals surface area contributed by atoms with Crippen molar-refractivity contribution < 1.29 is 24.1 Å². The molecular weight excluding hydrogens is 426 g/mol. The van der Waals surface area contributed by atoms with E-state index in [4.69, 9.17) is 18.9 Å². The van der Waals surface area contributed by atoms with E-state index in [1.807, 2.05) is 13.0 Å². The number of hydrogen-bond acceptors (Lipinski definition) is 10. The van der Waals surface area contributed by atoms with E-state index >= 15 is 0 Å². The Balaban J connectivity index is 0.00000231. The Hall–Kier alpha value is -3.79. The maximum Gasteiger partial charge on any atom is 0.233 e. The summed E-state index contributed by atoms with van der Waals surface area (Å²) in [6, 6.07) is 7.05. The Morgan fingerprint density at radius 3 is 2.58 bits per heavy atom. The van der Waals surface area contributed by atoms with E-state index in [-0.39, 0.29) is 37.0 Å². The quantitative estimate of drug-likeness (QED) is 0.484. The van der Waals surface area contributed by atoms with Gasteiger partial charge >= 0.3 is 0 Å². The Morgan fingerprint density at radius 2 is 1.81 bits per heavy atom. The van der Waals surface area contributed by atoms with Crippen LogP contribution in [-0.4, -0.2) is 46.1 Å². The van der Waals surface area contributed by atoms with Crippen molar-refractivity contribution in [2.24, 2.45) is 0 Å². The Kier molecular flexibility index (Phi) is 5.15. The molecule has 2 aromatic carbocycles. The van der Waals surface area contributed by atoms with Gasteiger partial charge in [0, 0.05) is 11.5 Å². The lowest BCUT2D eigenvalue weighted by Gasteiger charge is -2.12. The third-order valence-corrected chi connectivity index (χ3v) is 4.79. The first-order chi connectivity index (χ1) is 14.6. The van der Waals surface area contributed by atoms with Gasteiger partial charge in [0.05, 0.1) is 25.4 Å². The monoisotopic (exact) mass is 443 g/mol. The Bertz CT molecular complexity index is 1320. The first-order valence-electron chi connectivity index (χ1n) is 9.04. The minimum absolute atomic E-state index is 0. The zero-order valence-corrected chi connectivity index (χ0v) is 17.6. The van der Waals surface area contributed by atoms with Gasteiger partial charge in [-0.2, -0.15) is 4.98 Å². The van der Waals surface area contributed by atoms with Gasteiger partial charge in [-0.25, -0.2) is 15.0 Å². The minimum Gasteiger partial charge on any atom is -0.497 e. The number of nitrogens with zero attached hydrogens (tertiary/aromatic N) is 4. The number of methoxy groups -OCH3 is 2. The van der Waals surface area contributed by atoms with Crippen LogP contribution in [0.1, 0.15) is 5.69 Å². The lowest BCUT2D eigenvalue weighted by molar-refractivity contribution is 0.174. The van der Waals surface area contributed by atoms with E-state index in [2.05, 4.69) is 25.3 Å². The van der Waals surface area contributed by atoms with Crippen LogP contribution in [0.4, 0.5) is 11.9 Å². The van der Waals surface area contributed by atoms with Gasteiger partial charge in [0.1, 0.15) is 22.4 Å². The van der Waals surface area contributed by atoms with Crippen LogP contribution in [0.5, 0.6) is 28.9 Å². The number of aryl methyl sites for hydroxylation is 1. The molecule has 0 fully saturated rings. The molecule has 10 nitrogen and oxygen atoms in total. The Labute approximate surface area is 182 Å². The number of halogens is 1. The van der Waals surface area contributed by atoms with Crippen LogP contribution in [0.15, 0.2) is 24.3 Å². The molecule has 0 atom stereocenters. The van der Waals surface area contributed by atoms with Gasteiger partial charge in [0.15, 0.2) is 11.5 Å². The Morgan fingerprint density at radius 1 is 1.00 bits per heavy atom. The summed E-state index contributed by atoms with van der Waals surface area (Å²) in [7, 11) is 3.15. The largest absolute Gasteiger partial charge is 0.497 e. The maximum atomic E-state index is 10.5. The van der Waals surface area contributed by atoms with Crippen molar-refractivity contribution in [3.8, 4) is 28.9 Å². The predicted octanol–water partition coefficient (Wildman–Crippen LogP) is 3.50. The van der Waals surface area contributed by atoms with Crippen LogP contribution in [-0.2, 0) is 0 Å². The second-order valence-corrected chi connectivity index (χ2v) is 6.55. The summed E-state index contributed by atoms with van der Waals surface area (Å²) in [4.78, 5) is 17.6. The summed E-state index contributed by atoms with van der Waals surface area (Å²) in [5, 5.41) is 14.6. The summed E-state index contributed by atoms with van der Waals surface area (Å²) < 4.78 is 21.5. The highest BCUT2D eigenvalue weighted by atomic mass is 35.5. The lowest BCUT2D eigenvalue weighted by Crippen LogP contribution is -2.04. The molecule has 0 saturated carbocycles. The summed E-state index contributed by atoms with van der Waals surface area (Å²) in [5.74, 6) is 2.34. The summed E-state index contributed by atoms with van der Waals surface area (Å²) in [5.41, 5.74) is 1.82. The highest BCUT2D eigenvalue weighted by Crippen LogP contribution is 2.42. The van der Waals surface area contributed by atoms with Crippen LogP contribution in [0.2, 0.25) is 0 Å². The molecule has 4 aromatic rings. The summed E-state index contributed by atoms with van der Waals surface area (Å²) >= 11 is 0. The number of hydrogen-bond donors (Lipinski definition) is 2. The molecule has 5 rings (SSSR count). The van der Waals surface area contributed by atoms with Gasteiger partial charge in [-0.05, 0) is 25.1 Å². The van der Waals surface area contributed by atoms with Crippen molar-refractivity contribution in [1.29, 1.82) is 0 Å². The molecule has 0 radical (unpaired) electrons. The van der Waals surface area contributed by atoms with E-state index in [9.17, 15) is 5.11 Å². The van der Waals surface area contributed by atoms with Crippen LogP contribution in [0, 0.1) is 6.92 Å². The van der Waals surface area contributed by atoms with Gasteiger partial charge in [-0.1, -0.05) is 0 Å². The number of rotatable bonds is 4. The van der Waals surface area contributed by atoms with E-state index in [1.165, 1.54) is 0 Å². The van der Waals surface area contributed by atoms with Crippen LogP contribution in [0.3, 0.4) is 0 Å². The molecule has 31 heavy (non-hydrogen) atoms.